The molecule has 0 heterocycles. The van der Waals surface area contributed by atoms with Crippen LogP contribution in [0.2, 0.25) is 0 Å². The minimum absolute atomic E-state index is 0.747. The van der Waals surface area contributed by atoms with Gasteiger partial charge in [-0.1, -0.05) is 31.9 Å². The maximum Gasteiger partial charge on any atom is 0.101 e. The van der Waals surface area contributed by atoms with E-state index in [9.17, 15) is 0 Å². The van der Waals surface area contributed by atoms with Gasteiger partial charge in [0.1, 0.15) is 6.07 Å². The van der Waals surface area contributed by atoms with Crippen molar-refractivity contribution in [1.82, 2.24) is 0 Å². The quantitative estimate of drug-likeness (QED) is 0.854. The van der Waals surface area contributed by atoms with Crippen molar-refractivity contribution in [2.24, 2.45) is 11.8 Å². The summed E-state index contributed by atoms with van der Waals surface area (Å²) in [7, 11) is 0. The van der Waals surface area contributed by atoms with E-state index >= 15 is 0 Å². The zero-order valence-electron chi connectivity index (χ0n) is 10.4. The van der Waals surface area contributed by atoms with E-state index in [1.54, 1.807) is 0 Å². The summed E-state index contributed by atoms with van der Waals surface area (Å²) in [6.07, 6.45) is 5.38. The van der Waals surface area contributed by atoms with Crippen LogP contribution in [0.15, 0.2) is 24.3 Å². The van der Waals surface area contributed by atoms with Gasteiger partial charge in [0, 0.05) is 6.54 Å². The second-order valence-corrected chi connectivity index (χ2v) is 5.18. The van der Waals surface area contributed by atoms with Crippen molar-refractivity contribution < 1.29 is 0 Å². The molecular formula is C15H20N2. The third-order valence-corrected chi connectivity index (χ3v) is 3.67. The summed E-state index contributed by atoms with van der Waals surface area (Å²) in [5, 5.41) is 12.4. The number of nitriles is 1. The van der Waals surface area contributed by atoms with Gasteiger partial charge in [-0.3, -0.25) is 0 Å². The Hall–Kier alpha value is -1.49. The number of hydrogen-bond donors (Lipinski definition) is 1. The molecule has 17 heavy (non-hydrogen) atoms. The number of hydrogen-bond acceptors (Lipinski definition) is 2. The van der Waals surface area contributed by atoms with Crippen LogP contribution in [0.4, 0.5) is 5.69 Å². The highest BCUT2D eigenvalue weighted by molar-refractivity contribution is 5.57. The predicted molar refractivity (Wildman–Crippen MR) is 70.8 cm³/mol. The van der Waals surface area contributed by atoms with Crippen molar-refractivity contribution in [2.45, 2.75) is 32.6 Å². The molecule has 0 aromatic heterocycles. The Kier molecular flexibility index (Phi) is 4.03. The zero-order chi connectivity index (χ0) is 12.1. The predicted octanol–water partition coefficient (Wildman–Crippen LogP) is 3.80. The molecule has 2 unspecified atom stereocenters. The van der Waals surface area contributed by atoms with Crippen LogP contribution in [0, 0.1) is 23.2 Å². The van der Waals surface area contributed by atoms with Crippen LogP contribution in [-0.4, -0.2) is 6.54 Å². The molecule has 1 fully saturated rings. The highest BCUT2D eigenvalue weighted by Gasteiger charge is 2.18. The van der Waals surface area contributed by atoms with Gasteiger partial charge < -0.3 is 5.32 Å². The number of rotatable bonds is 3. The topological polar surface area (TPSA) is 35.8 Å². The van der Waals surface area contributed by atoms with Gasteiger partial charge >= 0.3 is 0 Å². The summed E-state index contributed by atoms with van der Waals surface area (Å²) in [5.41, 5.74) is 1.73. The number of benzene rings is 1. The molecule has 1 aromatic rings. The van der Waals surface area contributed by atoms with Crippen LogP contribution in [0.3, 0.4) is 0 Å². The number of anilines is 1. The summed E-state index contributed by atoms with van der Waals surface area (Å²) >= 11 is 0. The number of para-hydroxylation sites is 1. The molecule has 1 aromatic carbocycles. The van der Waals surface area contributed by atoms with Gasteiger partial charge in [0.05, 0.1) is 11.3 Å². The lowest BCUT2D eigenvalue weighted by molar-refractivity contribution is 0.293. The van der Waals surface area contributed by atoms with E-state index in [0.29, 0.717) is 0 Å². The van der Waals surface area contributed by atoms with Crippen LogP contribution in [0.25, 0.3) is 0 Å². The average molecular weight is 228 g/mol. The van der Waals surface area contributed by atoms with Crippen molar-refractivity contribution in [3.8, 4) is 6.07 Å². The lowest BCUT2D eigenvalue weighted by Gasteiger charge is -2.27. The Balaban J connectivity index is 1.91. The fourth-order valence-electron chi connectivity index (χ4n) is 2.73. The molecule has 0 bridgehead atoms. The van der Waals surface area contributed by atoms with Crippen LogP contribution in [0.1, 0.15) is 38.2 Å². The molecule has 0 aliphatic heterocycles. The maximum absolute atomic E-state index is 9.01. The van der Waals surface area contributed by atoms with E-state index in [0.717, 1.165) is 29.6 Å². The van der Waals surface area contributed by atoms with Crippen molar-refractivity contribution in [3.63, 3.8) is 0 Å². The fraction of sp³-hybridized carbons (Fsp3) is 0.533. The van der Waals surface area contributed by atoms with Gasteiger partial charge in [-0.15, -0.1) is 0 Å². The molecule has 1 aliphatic rings. The zero-order valence-corrected chi connectivity index (χ0v) is 10.4. The second-order valence-electron chi connectivity index (χ2n) is 5.18. The lowest BCUT2D eigenvalue weighted by atomic mass is 9.82. The molecule has 1 N–H and O–H groups in total. The first kappa shape index (κ1) is 12.0. The summed E-state index contributed by atoms with van der Waals surface area (Å²) in [6, 6.07) is 9.98. The Bertz CT molecular complexity index is 406. The second kappa shape index (κ2) is 5.72. The molecular weight excluding hydrogens is 208 g/mol. The van der Waals surface area contributed by atoms with Crippen molar-refractivity contribution in [1.29, 1.82) is 5.26 Å². The molecule has 0 radical (unpaired) electrons. The normalized spacial score (nSPS) is 24.0. The fourth-order valence-corrected chi connectivity index (χ4v) is 2.73. The summed E-state index contributed by atoms with van der Waals surface area (Å²) in [5.74, 6) is 1.63. The molecule has 1 saturated carbocycles. The Morgan fingerprint density at radius 2 is 2.18 bits per heavy atom. The van der Waals surface area contributed by atoms with E-state index < -0.39 is 0 Å². The standard InChI is InChI=1S/C15H20N2/c1-12-5-4-6-13(9-12)11-17-15-8-3-2-7-14(15)10-16/h2-3,7-8,12-13,17H,4-6,9,11H2,1H3. The summed E-state index contributed by atoms with van der Waals surface area (Å²) < 4.78 is 0. The van der Waals surface area contributed by atoms with Crippen LogP contribution >= 0.6 is 0 Å². The van der Waals surface area contributed by atoms with Crippen molar-refractivity contribution >= 4 is 5.69 Å². The van der Waals surface area contributed by atoms with Crippen molar-refractivity contribution in [2.75, 3.05) is 11.9 Å². The number of nitrogens with one attached hydrogen (secondary N) is 1. The van der Waals surface area contributed by atoms with Gasteiger partial charge in [0.25, 0.3) is 0 Å². The molecule has 0 spiro atoms. The maximum atomic E-state index is 9.01. The monoisotopic (exact) mass is 228 g/mol. The van der Waals surface area contributed by atoms with Gasteiger partial charge in [-0.05, 0) is 36.8 Å². The van der Waals surface area contributed by atoms with E-state index in [2.05, 4.69) is 18.3 Å². The van der Waals surface area contributed by atoms with E-state index in [1.165, 1.54) is 25.7 Å². The van der Waals surface area contributed by atoms with Gasteiger partial charge in [0.2, 0.25) is 0 Å². The molecule has 2 nitrogen and oxygen atoms in total. The van der Waals surface area contributed by atoms with Crippen LogP contribution in [-0.2, 0) is 0 Å². The van der Waals surface area contributed by atoms with Gasteiger partial charge in [-0.25, -0.2) is 0 Å². The van der Waals surface area contributed by atoms with Crippen molar-refractivity contribution in [3.05, 3.63) is 29.8 Å². The van der Waals surface area contributed by atoms with E-state index in [-0.39, 0.29) is 0 Å². The molecule has 0 amide bonds. The Labute approximate surface area is 104 Å². The van der Waals surface area contributed by atoms with E-state index in [4.69, 9.17) is 5.26 Å². The highest BCUT2D eigenvalue weighted by Crippen LogP contribution is 2.28. The van der Waals surface area contributed by atoms with Crippen LogP contribution < -0.4 is 5.32 Å². The molecule has 2 heteroatoms. The summed E-state index contributed by atoms with van der Waals surface area (Å²) in [4.78, 5) is 0. The molecule has 1 aliphatic carbocycles. The third-order valence-electron chi connectivity index (χ3n) is 3.67. The van der Waals surface area contributed by atoms with Crippen LogP contribution in [0.5, 0.6) is 0 Å². The molecule has 2 rings (SSSR count). The largest absolute Gasteiger partial charge is 0.384 e. The third kappa shape index (κ3) is 3.23. The molecule has 90 valence electrons. The SMILES string of the molecule is CC1CCCC(CNc2ccccc2C#N)C1. The minimum atomic E-state index is 0.747. The average Bonchev–Trinajstić information content (AvgIpc) is 2.37. The van der Waals surface area contributed by atoms with E-state index in [1.807, 2.05) is 24.3 Å². The lowest BCUT2D eigenvalue weighted by Crippen LogP contribution is -2.21. The smallest absolute Gasteiger partial charge is 0.101 e. The Morgan fingerprint density at radius 3 is 2.94 bits per heavy atom. The first-order valence-corrected chi connectivity index (χ1v) is 6.52. The number of nitrogens with zero attached hydrogens (tertiary/aromatic N) is 1. The Morgan fingerprint density at radius 1 is 1.35 bits per heavy atom. The first-order valence-electron chi connectivity index (χ1n) is 6.52. The summed E-state index contributed by atoms with van der Waals surface area (Å²) in [6.45, 7) is 3.35. The first-order chi connectivity index (χ1) is 8.29. The molecule has 0 saturated heterocycles. The van der Waals surface area contributed by atoms with Gasteiger partial charge in [0.15, 0.2) is 0 Å². The highest BCUT2D eigenvalue weighted by atomic mass is 14.9. The minimum Gasteiger partial charge on any atom is -0.384 e. The molecule has 2 atom stereocenters. The van der Waals surface area contributed by atoms with Gasteiger partial charge in [-0.2, -0.15) is 5.26 Å².